The first-order valence-electron chi connectivity index (χ1n) is 7.87. The van der Waals surface area contributed by atoms with E-state index in [1.165, 1.54) is 0 Å². The van der Waals surface area contributed by atoms with E-state index in [-0.39, 0.29) is 5.91 Å². The van der Waals surface area contributed by atoms with E-state index in [0.717, 1.165) is 4.90 Å². The molecule has 1 N–H and O–H groups in total. The van der Waals surface area contributed by atoms with Crippen molar-refractivity contribution in [2.75, 3.05) is 18.6 Å². The number of carbonyl (C=O) groups excluding carboxylic acids is 1. The molecule has 0 heterocycles. The predicted molar refractivity (Wildman–Crippen MR) is 99.7 cm³/mol. The summed E-state index contributed by atoms with van der Waals surface area (Å²) in [5.41, 5.74) is 1.37. The first kappa shape index (κ1) is 18.9. The third kappa shape index (κ3) is 5.26. The van der Waals surface area contributed by atoms with E-state index in [1.54, 1.807) is 48.0 Å². The second-order valence-electron chi connectivity index (χ2n) is 5.70. The van der Waals surface area contributed by atoms with E-state index >= 15 is 0 Å². The van der Waals surface area contributed by atoms with Gasteiger partial charge in [-0.1, -0.05) is 26.0 Å². The van der Waals surface area contributed by atoms with Crippen LogP contribution in [0.3, 0.4) is 0 Å². The Morgan fingerprint density at radius 3 is 2.36 bits per heavy atom. The van der Waals surface area contributed by atoms with Gasteiger partial charge in [-0.3, -0.25) is 4.79 Å². The van der Waals surface area contributed by atoms with Crippen molar-refractivity contribution in [1.29, 1.82) is 0 Å². The lowest BCUT2D eigenvalue weighted by Gasteiger charge is -2.20. The summed E-state index contributed by atoms with van der Waals surface area (Å²) in [6.45, 7) is 3.78. The monoisotopic (exact) mass is 359 g/mol. The zero-order valence-corrected chi connectivity index (χ0v) is 15.2. The Bertz CT molecular complexity index is 743. The Labute approximate surface area is 151 Å². The smallest absolute Gasteiger partial charge is 0.341 e. The number of rotatable bonds is 7. The first-order chi connectivity index (χ1) is 11.9. The molecule has 2 aromatic carbocycles. The normalized spacial score (nSPS) is 10.6. The molecule has 0 aliphatic heterocycles. The molecule has 2 aromatic rings. The van der Waals surface area contributed by atoms with Gasteiger partial charge in [0.15, 0.2) is 6.61 Å². The number of aliphatic carboxylic acids is 1. The summed E-state index contributed by atoms with van der Waals surface area (Å²) in [4.78, 5) is 25.9. The fourth-order valence-corrected chi connectivity index (χ4v) is 3.16. The topological polar surface area (TPSA) is 66.8 Å². The lowest BCUT2D eigenvalue weighted by atomic mass is 10.2. The van der Waals surface area contributed by atoms with Gasteiger partial charge in [0.1, 0.15) is 5.75 Å². The molecule has 132 valence electrons. The van der Waals surface area contributed by atoms with E-state index in [2.05, 4.69) is 13.8 Å². The molecule has 0 aliphatic carbocycles. The molecule has 6 heteroatoms. The average molecular weight is 359 g/mol. The number of nitrogens with zero attached hydrogens (tertiary/aromatic N) is 1. The quantitative estimate of drug-likeness (QED) is 0.759. The van der Waals surface area contributed by atoms with Crippen molar-refractivity contribution in [2.45, 2.75) is 24.0 Å². The molecule has 1 amide bonds. The second-order valence-corrected chi connectivity index (χ2v) is 7.32. The minimum atomic E-state index is -1.03. The van der Waals surface area contributed by atoms with Crippen molar-refractivity contribution in [3.8, 4) is 5.75 Å². The van der Waals surface area contributed by atoms with Crippen molar-refractivity contribution in [3.63, 3.8) is 0 Å². The first-order valence-corrected chi connectivity index (χ1v) is 8.75. The number of anilines is 1. The standard InChI is InChI=1S/C19H21NO4S/c1-13(2)25-17-7-5-4-6-16(17)19(23)20(3)14-8-10-15(11-9-14)24-12-18(21)22/h4-11,13H,12H2,1-3H3,(H,21,22). The van der Waals surface area contributed by atoms with Crippen LogP contribution >= 0.6 is 11.8 Å². The van der Waals surface area contributed by atoms with Crippen molar-refractivity contribution < 1.29 is 19.4 Å². The Morgan fingerprint density at radius 2 is 1.76 bits per heavy atom. The van der Waals surface area contributed by atoms with Crippen molar-refractivity contribution >= 4 is 29.3 Å². The van der Waals surface area contributed by atoms with Gasteiger partial charge in [-0.25, -0.2) is 4.79 Å². The van der Waals surface area contributed by atoms with Gasteiger partial charge >= 0.3 is 5.97 Å². The van der Waals surface area contributed by atoms with Crippen LogP contribution < -0.4 is 9.64 Å². The van der Waals surface area contributed by atoms with Crippen LogP contribution in [0.25, 0.3) is 0 Å². The number of ether oxygens (including phenoxy) is 1. The number of hydrogen-bond donors (Lipinski definition) is 1. The number of thioether (sulfide) groups is 1. The van der Waals surface area contributed by atoms with Crippen LogP contribution in [-0.4, -0.2) is 35.9 Å². The third-order valence-electron chi connectivity index (χ3n) is 3.37. The zero-order chi connectivity index (χ0) is 18.4. The van der Waals surface area contributed by atoms with Crippen LogP contribution in [-0.2, 0) is 4.79 Å². The Hall–Kier alpha value is -2.47. The van der Waals surface area contributed by atoms with E-state index < -0.39 is 12.6 Å². The third-order valence-corrected chi connectivity index (χ3v) is 4.45. The van der Waals surface area contributed by atoms with Crippen LogP contribution in [0, 0.1) is 0 Å². The molecule has 0 spiro atoms. The summed E-state index contributed by atoms with van der Waals surface area (Å²) in [5.74, 6) is -0.679. The molecular formula is C19H21NO4S. The number of carboxylic acids is 1. The molecule has 0 aliphatic rings. The molecule has 0 radical (unpaired) electrons. The highest BCUT2D eigenvalue weighted by Gasteiger charge is 2.17. The van der Waals surface area contributed by atoms with E-state index in [9.17, 15) is 9.59 Å². The van der Waals surface area contributed by atoms with Crippen LogP contribution in [0.1, 0.15) is 24.2 Å². The van der Waals surface area contributed by atoms with Gasteiger partial charge in [0.2, 0.25) is 0 Å². The number of benzene rings is 2. The van der Waals surface area contributed by atoms with Gasteiger partial charge in [-0.2, -0.15) is 0 Å². The van der Waals surface area contributed by atoms with Crippen molar-refractivity contribution in [1.82, 2.24) is 0 Å². The molecule has 25 heavy (non-hydrogen) atoms. The van der Waals surface area contributed by atoms with Crippen LogP contribution in [0.5, 0.6) is 5.75 Å². The minimum absolute atomic E-state index is 0.0945. The lowest BCUT2D eigenvalue weighted by Crippen LogP contribution is -2.26. The second kappa shape index (κ2) is 8.58. The van der Waals surface area contributed by atoms with Gasteiger partial charge in [-0.15, -0.1) is 11.8 Å². The highest BCUT2D eigenvalue weighted by atomic mass is 32.2. The summed E-state index contributed by atoms with van der Waals surface area (Å²) >= 11 is 1.65. The molecule has 0 unspecified atom stereocenters. The highest BCUT2D eigenvalue weighted by Crippen LogP contribution is 2.28. The van der Waals surface area contributed by atoms with Crippen LogP contribution in [0.15, 0.2) is 53.4 Å². The van der Waals surface area contributed by atoms with Gasteiger partial charge < -0.3 is 14.7 Å². The molecule has 5 nitrogen and oxygen atoms in total. The zero-order valence-electron chi connectivity index (χ0n) is 14.4. The maximum absolute atomic E-state index is 12.9. The predicted octanol–water partition coefficient (Wildman–Crippen LogP) is 3.93. The Balaban J connectivity index is 2.16. The summed E-state index contributed by atoms with van der Waals surface area (Å²) in [6, 6.07) is 14.3. The molecule has 0 fully saturated rings. The maximum Gasteiger partial charge on any atom is 0.341 e. The number of carboxylic acid groups (broad SMARTS) is 1. The summed E-state index contributed by atoms with van der Waals surface area (Å²) < 4.78 is 5.10. The van der Waals surface area contributed by atoms with Gasteiger partial charge in [-0.05, 0) is 36.4 Å². The van der Waals surface area contributed by atoms with E-state index in [0.29, 0.717) is 22.3 Å². The maximum atomic E-state index is 12.9. The Kier molecular flexibility index (Phi) is 6.47. The fourth-order valence-electron chi connectivity index (χ4n) is 2.21. The number of amides is 1. The fraction of sp³-hybridized carbons (Fsp3) is 0.263. The van der Waals surface area contributed by atoms with E-state index in [4.69, 9.17) is 9.84 Å². The average Bonchev–Trinajstić information content (AvgIpc) is 2.59. The summed E-state index contributed by atoms with van der Waals surface area (Å²) in [7, 11) is 1.71. The van der Waals surface area contributed by atoms with Crippen LogP contribution in [0.4, 0.5) is 5.69 Å². The lowest BCUT2D eigenvalue weighted by molar-refractivity contribution is -0.139. The van der Waals surface area contributed by atoms with Gasteiger partial charge in [0, 0.05) is 22.9 Å². The van der Waals surface area contributed by atoms with E-state index in [1.807, 2.05) is 24.3 Å². The SMILES string of the molecule is CC(C)Sc1ccccc1C(=O)N(C)c1ccc(OCC(=O)O)cc1. The molecule has 0 atom stereocenters. The molecule has 0 aromatic heterocycles. The number of carbonyl (C=O) groups is 2. The van der Waals surface area contributed by atoms with Gasteiger partial charge in [0.25, 0.3) is 5.91 Å². The molecule has 0 saturated carbocycles. The molecule has 0 bridgehead atoms. The largest absolute Gasteiger partial charge is 0.482 e. The minimum Gasteiger partial charge on any atom is -0.482 e. The van der Waals surface area contributed by atoms with Crippen molar-refractivity contribution in [2.24, 2.45) is 0 Å². The van der Waals surface area contributed by atoms with Crippen molar-refractivity contribution in [3.05, 3.63) is 54.1 Å². The molecular weight excluding hydrogens is 338 g/mol. The Morgan fingerprint density at radius 1 is 1.12 bits per heavy atom. The highest BCUT2D eigenvalue weighted by molar-refractivity contribution is 8.00. The van der Waals surface area contributed by atoms with Gasteiger partial charge in [0.05, 0.1) is 5.56 Å². The summed E-state index contributed by atoms with van der Waals surface area (Å²) in [5, 5.41) is 9.00. The summed E-state index contributed by atoms with van der Waals surface area (Å²) in [6.07, 6.45) is 0. The van der Waals surface area contributed by atoms with Crippen LogP contribution in [0.2, 0.25) is 0 Å². The molecule has 0 saturated heterocycles. The number of hydrogen-bond acceptors (Lipinski definition) is 4. The molecule has 2 rings (SSSR count).